The third kappa shape index (κ3) is 2.26. The van der Waals surface area contributed by atoms with Crippen molar-refractivity contribution in [2.24, 2.45) is 5.92 Å². The minimum Gasteiger partial charge on any atom is -0.381 e. The fraction of sp³-hybridized carbons (Fsp3) is 0.312. The first-order chi connectivity index (χ1) is 9.27. The second kappa shape index (κ2) is 5.10. The van der Waals surface area contributed by atoms with E-state index >= 15 is 0 Å². The van der Waals surface area contributed by atoms with Crippen molar-refractivity contribution in [3.8, 4) is 0 Å². The first-order valence-electron chi connectivity index (χ1n) is 6.56. The van der Waals surface area contributed by atoms with Crippen molar-refractivity contribution in [3.05, 3.63) is 47.8 Å². The molecule has 0 unspecified atom stereocenters. The average molecular weight is 258 g/mol. The molecule has 2 nitrogen and oxygen atoms in total. The smallest absolute Gasteiger partial charge is 0.166 e. The van der Waals surface area contributed by atoms with Crippen LogP contribution >= 0.6 is 0 Å². The molecule has 0 atom stereocenters. The fourth-order valence-electron chi connectivity index (χ4n) is 2.66. The van der Waals surface area contributed by atoms with Gasteiger partial charge < -0.3 is 4.74 Å². The molecule has 1 heterocycles. The van der Waals surface area contributed by atoms with E-state index in [-0.39, 0.29) is 17.5 Å². The van der Waals surface area contributed by atoms with E-state index in [1.54, 1.807) is 18.2 Å². The Labute approximate surface area is 111 Å². The summed E-state index contributed by atoms with van der Waals surface area (Å²) in [4.78, 5) is 12.5. The number of halogens is 1. The minimum absolute atomic E-state index is 0.00242. The summed E-state index contributed by atoms with van der Waals surface area (Å²) in [5.74, 6) is -0.166. The molecule has 2 aromatic carbocycles. The van der Waals surface area contributed by atoms with Gasteiger partial charge in [-0.1, -0.05) is 24.3 Å². The molecule has 1 saturated heterocycles. The molecule has 1 fully saturated rings. The van der Waals surface area contributed by atoms with Crippen LogP contribution in [0.15, 0.2) is 36.4 Å². The maximum absolute atomic E-state index is 13.7. The van der Waals surface area contributed by atoms with Gasteiger partial charge in [0.05, 0.1) is 0 Å². The van der Waals surface area contributed by atoms with Crippen LogP contribution in [0.2, 0.25) is 0 Å². The van der Waals surface area contributed by atoms with Crippen LogP contribution in [0.25, 0.3) is 10.8 Å². The van der Waals surface area contributed by atoms with Crippen molar-refractivity contribution in [1.29, 1.82) is 0 Å². The number of fused-ring (bicyclic) bond motifs is 1. The quantitative estimate of drug-likeness (QED) is 0.769. The highest BCUT2D eigenvalue weighted by Gasteiger charge is 2.24. The highest BCUT2D eigenvalue weighted by molar-refractivity contribution is 6.09. The molecule has 0 N–H and O–H groups in total. The fourth-order valence-corrected chi connectivity index (χ4v) is 2.66. The van der Waals surface area contributed by atoms with Crippen molar-refractivity contribution in [1.82, 2.24) is 0 Å². The first kappa shape index (κ1) is 12.3. The van der Waals surface area contributed by atoms with E-state index in [0.29, 0.717) is 29.5 Å². The summed E-state index contributed by atoms with van der Waals surface area (Å²) < 4.78 is 19.0. The lowest BCUT2D eigenvalue weighted by Gasteiger charge is -2.21. The van der Waals surface area contributed by atoms with Crippen LogP contribution in [0.4, 0.5) is 4.39 Å². The van der Waals surface area contributed by atoms with Crippen LogP contribution in [0, 0.1) is 11.7 Å². The van der Waals surface area contributed by atoms with E-state index in [2.05, 4.69) is 0 Å². The summed E-state index contributed by atoms with van der Waals surface area (Å²) in [5, 5.41) is 1.22. The molecule has 2 aromatic rings. The maximum atomic E-state index is 13.7. The largest absolute Gasteiger partial charge is 0.381 e. The van der Waals surface area contributed by atoms with E-state index in [1.165, 1.54) is 6.07 Å². The SMILES string of the molecule is O=C(c1ccc(F)c2ccccc12)C1CCOCC1. The standard InChI is InChI=1S/C16H15FO2/c17-15-6-5-14(12-3-1-2-4-13(12)15)16(18)11-7-9-19-10-8-11/h1-6,11H,7-10H2. The molecular formula is C16H15FO2. The number of ether oxygens (including phenoxy) is 1. The van der Waals surface area contributed by atoms with Crippen LogP contribution in [0.1, 0.15) is 23.2 Å². The molecule has 0 bridgehead atoms. The molecule has 0 amide bonds. The Kier molecular flexibility index (Phi) is 3.30. The Balaban J connectivity index is 2.05. The van der Waals surface area contributed by atoms with Gasteiger partial charge in [-0.05, 0) is 30.4 Å². The number of hydrogen-bond acceptors (Lipinski definition) is 2. The van der Waals surface area contributed by atoms with Crippen molar-refractivity contribution in [2.75, 3.05) is 13.2 Å². The maximum Gasteiger partial charge on any atom is 0.166 e. The lowest BCUT2D eigenvalue weighted by atomic mass is 9.88. The van der Waals surface area contributed by atoms with Gasteiger partial charge in [0, 0.05) is 30.1 Å². The average Bonchev–Trinajstić information content (AvgIpc) is 2.48. The number of hydrogen-bond donors (Lipinski definition) is 0. The van der Waals surface area contributed by atoms with Gasteiger partial charge >= 0.3 is 0 Å². The summed E-state index contributed by atoms with van der Waals surface area (Å²) in [6.07, 6.45) is 1.51. The molecule has 0 radical (unpaired) electrons. The molecule has 1 aliphatic heterocycles. The van der Waals surface area contributed by atoms with Crippen molar-refractivity contribution in [2.45, 2.75) is 12.8 Å². The predicted octanol–water partition coefficient (Wildman–Crippen LogP) is 3.59. The van der Waals surface area contributed by atoms with Crippen LogP contribution in [0.5, 0.6) is 0 Å². The van der Waals surface area contributed by atoms with Gasteiger partial charge in [0.15, 0.2) is 5.78 Å². The predicted molar refractivity (Wildman–Crippen MR) is 71.8 cm³/mol. The Morgan fingerprint density at radius 2 is 1.74 bits per heavy atom. The zero-order valence-electron chi connectivity index (χ0n) is 10.6. The van der Waals surface area contributed by atoms with Gasteiger partial charge in [0.1, 0.15) is 5.82 Å². The van der Waals surface area contributed by atoms with Crippen molar-refractivity contribution >= 4 is 16.6 Å². The highest BCUT2D eigenvalue weighted by Crippen LogP contribution is 2.27. The van der Waals surface area contributed by atoms with Gasteiger partial charge in [-0.25, -0.2) is 4.39 Å². The molecule has 19 heavy (non-hydrogen) atoms. The summed E-state index contributed by atoms with van der Waals surface area (Å²) >= 11 is 0. The van der Waals surface area contributed by atoms with Gasteiger partial charge in [0.25, 0.3) is 0 Å². The molecule has 1 aliphatic rings. The Morgan fingerprint density at radius 3 is 2.47 bits per heavy atom. The molecule has 0 saturated carbocycles. The van der Waals surface area contributed by atoms with E-state index in [0.717, 1.165) is 12.8 Å². The number of carbonyl (C=O) groups excluding carboxylic acids is 1. The molecule has 3 rings (SSSR count). The minimum atomic E-state index is -0.279. The lowest BCUT2D eigenvalue weighted by Crippen LogP contribution is -2.23. The summed E-state index contributed by atoms with van der Waals surface area (Å²) in [7, 11) is 0. The zero-order valence-corrected chi connectivity index (χ0v) is 10.6. The molecule has 0 aromatic heterocycles. The molecular weight excluding hydrogens is 243 g/mol. The number of benzene rings is 2. The normalized spacial score (nSPS) is 16.7. The van der Waals surface area contributed by atoms with E-state index < -0.39 is 0 Å². The van der Waals surface area contributed by atoms with E-state index in [1.807, 2.05) is 12.1 Å². The number of rotatable bonds is 2. The molecule has 0 spiro atoms. The summed E-state index contributed by atoms with van der Waals surface area (Å²) in [5.41, 5.74) is 0.629. The van der Waals surface area contributed by atoms with Crippen LogP contribution in [0.3, 0.4) is 0 Å². The number of carbonyl (C=O) groups is 1. The monoisotopic (exact) mass is 258 g/mol. The van der Waals surface area contributed by atoms with Crippen LogP contribution in [-0.4, -0.2) is 19.0 Å². The Bertz CT molecular complexity index is 615. The van der Waals surface area contributed by atoms with Crippen LogP contribution < -0.4 is 0 Å². The second-order valence-corrected chi connectivity index (χ2v) is 4.89. The number of Topliss-reactive ketones (excluding diaryl/α,β-unsaturated/α-hetero) is 1. The molecule has 3 heteroatoms. The van der Waals surface area contributed by atoms with Crippen molar-refractivity contribution < 1.29 is 13.9 Å². The topological polar surface area (TPSA) is 26.3 Å². The van der Waals surface area contributed by atoms with E-state index in [4.69, 9.17) is 4.74 Å². The van der Waals surface area contributed by atoms with Crippen molar-refractivity contribution in [3.63, 3.8) is 0 Å². The van der Waals surface area contributed by atoms with Gasteiger partial charge in [-0.2, -0.15) is 0 Å². The molecule has 98 valence electrons. The second-order valence-electron chi connectivity index (χ2n) is 4.89. The summed E-state index contributed by atoms with van der Waals surface area (Å²) in [6.45, 7) is 1.27. The van der Waals surface area contributed by atoms with Gasteiger partial charge in [0.2, 0.25) is 0 Å². The Morgan fingerprint density at radius 1 is 1.05 bits per heavy atom. The van der Waals surface area contributed by atoms with Gasteiger partial charge in [-0.15, -0.1) is 0 Å². The van der Waals surface area contributed by atoms with E-state index in [9.17, 15) is 9.18 Å². The first-order valence-corrected chi connectivity index (χ1v) is 6.56. The number of ketones is 1. The van der Waals surface area contributed by atoms with Gasteiger partial charge in [-0.3, -0.25) is 4.79 Å². The third-order valence-corrected chi connectivity index (χ3v) is 3.73. The molecule has 0 aliphatic carbocycles. The summed E-state index contributed by atoms with van der Waals surface area (Å²) in [6, 6.07) is 10.1. The Hall–Kier alpha value is -1.74. The lowest BCUT2D eigenvalue weighted by molar-refractivity contribution is 0.0546. The third-order valence-electron chi connectivity index (χ3n) is 3.73. The zero-order chi connectivity index (χ0) is 13.2. The highest BCUT2D eigenvalue weighted by atomic mass is 19.1. The van der Waals surface area contributed by atoms with Crippen LogP contribution in [-0.2, 0) is 4.74 Å².